The maximum Gasteiger partial charge on any atom is 0.168 e. The molecule has 0 fully saturated rings. The molecule has 156 valence electrons. The fourth-order valence-electron chi connectivity index (χ4n) is 3.87. The highest BCUT2D eigenvalue weighted by atomic mass is 79.9. The third-order valence-electron chi connectivity index (χ3n) is 5.40. The summed E-state index contributed by atoms with van der Waals surface area (Å²) in [6.07, 6.45) is 5.44. The molecule has 0 atom stereocenters. The minimum atomic E-state index is 0.541. The van der Waals surface area contributed by atoms with Crippen LogP contribution in [0.1, 0.15) is 47.2 Å². The predicted octanol–water partition coefficient (Wildman–Crippen LogP) is 6.43. The van der Waals surface area contributed by atoms with Gasteiger partial charge in [-0.1, -0.05) is 37.6 Å². The average molecular weight is 540 g/mol. The summed E-state index contributed by atoms with van der Waals surface area (Å²) in [6.45, 7) is 2.69. The van der Waals surface area contributed by atoms with Crippen LogP contribution in [0.15, 0.2) is 57.7 Å². The number of aldehydes is 1. The van der Waals surface area contributed by atoms with E-state index in [0.29, 0.717) is 17.8 Å². The van der Waals surface area contributed by atoms with E-state index in [1.54, 1.807) is 6.20 Å². The molecule has 4 aromatic rings. The lowest BCUT2D eigenvalue weighted by molar-refractivity contribution is 0.111. The number of aryl methyl sites for hydroxylation is 1. The van der Waals surface area contributed by atoms with Crippen molar-refractivity contribution >= 4 is 49.0 Å². The molecule has 0 unspecified atom stereocenters. The molecule has 4 rings (SSSR count). The van der Waals surface area contributed by atoms with Crippen molar-refractivity contribution in [1.29, 1.82) is 5.26 Å². The Bertz CT molecular complexity index is 1310. The fourth-order valence-corrected chi connectivity index (χ4v) is 5.09. The SMILES string of the molecule is CCCCc1ncc(C=O)n1Cc1cccc2c1c(Br)c(Br)n2-c1ccccc1C#N. The molecule has 0 aliphatic carbocycles. The Morgan fingerprint density at radius 2 is 1.97 bits per heavy atom. The number of carbonyl (C=O) groups excluding carboxylic acids is 1. The Kier molecular flexibility index (Phi) is 6.40. The maximum atomic E-state index is 11.6. The first-order valence-electron chi connectivity index (χ1n) is 10.1. The molecule has 0 radical (unpaired) electrons. The summed E-state index contributed by atoms with van der Waals surface area (Å²) in [5.74, 6) is 0.922. The molecule has 0 N–H and O–H groups in total. The van der Waals surface area contributed by atoms with Gasteiger partial charge in [-0.15, -0.1) is 0 Å². The molecule has 2 heterocycles. The second-order valence-electron chi connectivity index (χ2n) is 7.29. The van der Waals surface area contributed by atoms with Crippen LogP contribution >= 0.6 is 31.9 Å². The van der Waals surface area contributed by atoms with Crippen LogP contribution in [0.3, 0.4) is 0 Å². The van der Waals surface area contributed by atoms with Crippen molar-refractivity contribution < 1.29 is 4.79 Å². The van der Waals surface area contributed by atoms with Crippen LogP contribution in [-0.4, -0.2) is 20.4 Å². The number of halogens is 2. The minimum Gasteiger partial charge on any atom is -0.321 e. The summed E-state index contributed by atoms with van der Waals surface area (Å²) in [5, 5.41) is 10.6. The lowest BCUT2D eigenvalue weighted by Crippen LogP contribution is -2.09. The summed E-state index contributed by atoms with van der Waals surface area (Å²) in [7, 11) is 0. The normalized spacial score (nSPS) is 11.0. The first-order chi connectivity index (χ1) is 15.1. The zero-order valence-corrected chi connectivity index (χ0v) is 20.1. The van der Waals surface area contributed by atoms with Gasteiger partial charge in [0.05, 0.1) is 34.0 Å². The third-order valence-corrected chi connectivity index (χ3v) is 7.46. The van der Waals surface area contributed by atoms with Crippen molar-refractivity contribution in [2.75, 3.05) is 0 Å². The average Bonchev–Trinajstić information content (AvgIpc) is 3.30. The van der Waals surface area contributed by atoms with Gasteiger partial charge in [-0.3, -0.25) is 4.79 Å². The Balaban J connectivity index is 1.89. The van der Waals surface area contributed by atoms with Gasteiger partial charge in [0.1, 0.15) is 22.2 Å². The van der Waals surface area contributed by atoms with E-state index in [-0.39, 0.29) is 0 Å². The number of imidazole rings is 1. The molecule has 31 heavy (non-hydrogen) atoms. The highest BCUT2D eigenvalue weighted by molar-refractivity contribution is 9.13. The molecule has 0 bridgehead atoms. The molecule has 0 amide bonds. The van der Waals surface area contributed by atoms with Gasteiger partial charge in [0.25, 0.3) is 0 Å². The van der Waals surface area contributed by atoms with Crippen molar-refractivity contribution in [3.05, 3.63) is 80.4 Å². The topological polar surface area (TPSA) is 63.6 Å². The standard InChI is InChI=1S/C24H20Br2N4O/c1-2-3-11-21-28-13-18(15-31)29(21)14-17-8-6-10-20-22(17)23(25)24(26)30(20)19-9-5-4-7-16(19)12-27/h4-10,13,15H,2-3,11,14H2,1H3. The predicted molar refractivity (Wildman–Crippen MR) is 129 cm³/mol. The first kappa shape index (κ1) is 21.5. The summed E-state index contributed by atoms with van der Waals surface area (Å²) in [6, 6.07) is 15.9. The van der Waals surface area contributed by atoms with E-state index in [1.165, 1.54) is 0 Å². The molecule has 0 saturated carbocycles. The number of hydrogen-bond acceptors (Lipinski definition) is 3. The van der Waals surface area contributed by atoms with Gasteiger partial charge in [-0.05, 0) is 62.0 Å². The lowest BCUT2D eigenvalue weighted by Gasteiger charge is -2.12. The van der Waals surface area contributed by atoms with Crippen LogP contribution in [0.25, 0.3) is 16.6 Å². The van der Waals surface area contributed by atoms with Gasteiger partial charge in [0.2, 0.25) is 0 Å². The van der Waals surface area contributed by atoms with Crippen molar-refractivity contribution in [1.82, 2.24) is 14.1 Å². The molecule has 0 aliphatic heterocycles. The monoisotopic (exact) mass is 538 g/mol. The molecule has 5 nitrogen and oxygen atoms in total. The van der Waals surface area contributed by atoms with Crippen LogP contribution in [-0.2, 0) is 13.0 Å². The molecule has 0 saturated heterocycles. The van der Waals surface area contributed by atoms with E-state index in [1.807, 2.05) is 45.5 Å². The fraction of sp³-hybridized carbons (Fsp3) is 0.208. The molecular formula is C24H20Br2N4O. The summed E-state index contributed by atoms with van der Waals surface area (Å²) < 4.78 is 5.78. The Hall–Kier alpha value is -2.69. The number of hydrogen-bond donors (Lipinski definition) is 0. The highest BCUT2D eigenvalue weighted by Crippen LogP contribution is 2.40. The quantitative estimate of drug-likeness (QED) is 0.254. The van der Waals surface area contributed by atoms with Crippen LogP contribution < -0.4 is 0 Å². The van der Waals surface area contributed by atoms with Crippen molar-refractivity contribution in [3.63, 3.8) is 0 Å². The summed E-state index contributed by atoms with van der Waals surface area (Å²) in [5.41, 5.74) is 4.02. The number of rotatable bonds is 7. The van der Waals surface area contributed by atoms with Crippen LogP contribution in [0.5, 0.6) is 0 Å². The van der Waals surface area contributed by atoms with E-state index in [2.05, 4.69) is 55.9 Å². The number of unbranched alkanes of at least 4 members (excludes halogenated alkanes) is 1. The van der Waals surface area contributed by atoms with Crippen molar-refractivity contribution in [2.45, 2.75) is 32.7 Å². The Labute approximate surface area is 197 Å². The smallest absolute Gasteiger partial charge is 0.168 e. The van der Waals surface area contributed by atoms with Gasteiger partial charge in [0.15, 0.2) is 6.29 Å². The lowest BCUT2D eigenvalue weighted by atomic mass is 10.1. The van der Waals surface area contributed by atoms with E-state index < -0.39 is 0 Å². The van der Waals surface area contributed by atoms with Gasteiger partial charge in [-0.2, -0.15) is 5.26 Å². The minimum absolute atomic E-state index is 0.541. The summed E-state index contributed by atoms with van der Waals surface area (Å²) >= 11 is 7.47. The number of aromatic nitrogens is 3. The molecule has 2 aromatic heterocycles. The number of para-hydroxylation sites is 1. The van der Waals surface area contributed by atoms with Crippen LogP contribution in [0.2, 0.25) is 0 Å². The number of fused-ring (bicyclic) bond motifs is 1. The van der Waals surface area contributed by atoms with E-state index in [9.17, 15) is 10.1 Å². The second-order valence-corrected chi connectivity index (χ2v) is 8.83. The number of nitriles is 1. The molecule has 7 heteroatoms. The second kappa shape index (κ2) is 9.21. The molecule has 0 aliphatic rings. The number of benzene rings is 2. The van der Waals surface area contributed by atoms with Crippen molar-refractivity contribution in [3.8, 4) is 11.8 Å². The highest BCUT2D eigenvalue weighted by Gasteiger charge is 2.20. The summed E-state index contributed by atoms with van der Waals surface area (Å²) in [4.78, 5) is 16.1. The van der Waals surface area contributed by atoms with E-state index in [0.717, 1.165) is 62.6 Å². The largest absolute Gasteiger partial charge is 0.321 e. The van der Waals surface area contributed by atoms with E-state index >= 15 is 0 Å². The van der Waals surface area contributed by atoms with Gasteiger partial charge in [-0.25, -0.2) is 4.98 Å². The Morgan fingerprint density at radius 1 is 1.16 bits per heavy atom. The van der Waals surface area contributed by atoms with Crippen LogP contribution in [0.4, 0.5) is 0 Å². The van der Waals surface area contributed by atoms with Gasteiger partial charge < -0.3 is 9.13 Å². The zero-order valence-electron chi connectivity index (χ0n) is 17.0. The molecule has 0 spiro atoms. The first-order valence-corrected chi connectivity index (χ1v) is 11.7. The van der Waals surface area contributed by atoms with Crippen molar-refractivity contribution in [2.24, 2.45) is 0 Å². The van der Waals surface area contributed by atoms with Crippen LogP contribution in [0, 0.1) is 11.3 Å². The molecule has 2 aromatic carbocycles. The van der Waals surface area contributed by atoms with Gasteiger partial charge >= 0.3 is 0 Å². The maximum absolute atomic E-state index is 11.6. The third kappa shape index (κ3) is 3.86. The zero-order chi connectivity index (χ0) is 22.0. The molecular weight excluding hydrogens is 520 g/mol. The number of carbonyl (C=O) groups is 1. The van der Waals surface area contributed by atoms with E-state index in [4.69, 9.17) is 0 Å². The Morgan fingerprint density at radius 3 is 2.71 bits per heavy atom. The van der Waals surface area contributed by atoms with Gasteiger partial charge in [0, 0.05) is 11.8 Å². The number of nitrogens with zero attached hydrogens (tertiary/aromatic N) is 4.